The molecule has 0 aliphatic rings. The Bertz CT molecular complexity index is 1060. The maximum Gasteiger partial charge on any atom is 0.264 e. The molecule has 0 bridgehead atoms. The van der Waals surface area contributed by atoms with Crippen molar-refractivity contribution < 1.29 is 17.7 Å². The molecule has 0 aliphatic heterocycles. The second kappa shape index (κ2) is 8.94. The molecule has 1 heterocycles. The highest BCUT2D eigenvalue weighted by Crippen LogP contribution is 2.19. The van der Waals surface area contributed by atoms with E-state index in [2.05, 4.69) is 10.1 Å². The van der Waals surface area contributed by atoms with Crippen molar-refractivity contribution in [3.63, 3.8) is 0 Å². The fourth-order valence-electron chi connectivity index (χ4n) is 2.77. The van der Waals surface area contributed by atoms with Crippen molar-refractivity contribution in [1.29, 1.82) is 0 Å². The van der Waals surface area contributed by atoms with Gasteiger partial charge in [-0.1, -0.05) is 22.8 Å². The van der Waals surface area contributed by atoms with Crippen LogP contribution in [0.4, 0.5) is 0 Å². The van der Waals surface area contributed by atoms with E-state index >= 15 is 0 Å². The van der Waals surface area contributed by atoms with Crippen LogP contribution in [0.15, 0.2) is 51.9 Å². The minimum Gasteiger partial charge on any atom is -0.484 e. The van der Waals surface area contributed by atoms with E-state index < -0.39 is 10.0 Å². The number of hydrogen-bond acceptors (Lipinski definition) is 6. The van der Waals surface area contributed by atoms with Gasteiger partial charge in [0, 0.05) is 25.0 Å². The standard InChI is InChI=1S/C20H22ClN3O4S/c1-14-10-15(2)12-18(11-14)29(25,26)24(3)9-8-19-22-20(28-23-19)13-27-17-6-4-16(21)5-7-17/h4-7,10-12H,8-9,13H2,1-3H3. The van der Waals surface area contributed by atoms with Gasteiger partial charge in [0.2, 0.25) is 10.0 Å². The van der Waals surface area contributed by atoms with E-state index in [-0.39, 0.29) is 18.0 Å². The van der Waals surface area contributed by atoms with Gasteiger partial charge in [-0.3, -0.25) is 0 Å². The lowest BCUT2D eigenvalue weighted by molar-refractivity contribution is 0.242. The number of benzene rings is 2. The van der Waals surface area contributed by atoms with Gasteiger partial charge < -0.3 is 9.26 Å². The third kappa shape index (κ3) is 5.56. The summed E-state index contributed by atoms with van der Waals surface area (Å²) < 4.78 is 37.6. The molecular formula is C20H22ClN3O4S. The van der Waals surface area contributed by atoms with Gasteiger partial charge in [-0.05, 0) is 61.4 Å². The number of aryl methyl sites for hydroxylation is 2. The number of ether oxygens (including phenoxy) is 1. The van der Waals surface area contributed by atoms with Crippen LogP contribution in [0, 0.1) is 13.8 Å². The Hall–Kier alpha value is -2.42. The van der Waals surface area contributed by atoms with E-state index in [1.165, 1.54) is 11.4 Å². The molecule has 3 rings (SSSR count). The van der Waals surface area contributed by atoms with Crippen molar-refractivity contribution in [2.24, 2.45) is 0 Å². The Kier molecular flexibility index (Phi) is 6.56. The van der Waals surface area contributed by atoms with Crippen LogP contribution in [-0.4, -0.2) is 36.5 Å². The highest BCUT2D eigenvalue weighted by Gasteiger charge is 2.22. The normalized spacial score (nSPS) is 11.8. The summed E-state index contributed by atoms with van der Waals surface area (Å²) in [4.78, 5) is 4.53. The molecule has 0 saturated carbocycles. The zero-order valence-electron chi connectivity index (χ0n) is 16.4. The van der Waals surface area contributed by atoms with Gasteiger partial charge in [-0.15, -0.1) is 0 Å². The van der Waals surface area contributed by atoms with E-state index in [0.717, 1.165) is 11.1 Å². The predicted molar refractivity (Wildman–Crippen MR) is 110 cm³/mol. The fourth-order valence-corrected chi connectivity index (χ4v) is 4.25. The van der Waals surface area contributed by atoms with Crippen molar-refractivity contribution in [2.45, 2.75) is 31.8 Å². The van der Waals surface area contributed by atoms with Crippen molar-refractivity contribution in [2.75, 3.05) is 13.6 Å². The molecule has 0 aliphatic carbocycles. The summed E-state index contributed by atoms with van der Waals surface area (Å²) in [7, 11) is -2.05. The number of sulfonamides is 1. The molecule has 0 radical (unpaired) electrons. The lowest BCUT2D eigenvalue weighted by Gasteiger charge is -2.17. The Morgan fingerprint density at radius 1 is 1.10 bits per heavy atom. The van der Waals surface area contributed by atoms with Crippen LogP contribution in [0.2, 0.25) is 5.02 Å². The van der Waals surface area contributed by atoms with Crippen LogP contribution in [0.3, 0.4) is 0 Å². The molecule has 3 aromatic rings. The molecule has 29 heavy (non-hydrogen) atoms. The SMILES string of the molecule is Cc1cc(C)cc(S(=O)(=O)N(C)CCc2noc(COc3ccc(Cl)cc3)n2)c1. The molecule has 0 atom stereocenters. The van der Waals surface area contributed by atoms with Crippen LogP contribution in [0.25, 0.3) is 0 Å². The summed E-state index contributed by atoms with van der Waals surface area (Å²) in [6, 6.07) is 12.2. The first-order valence-electron chi connectivity index (χ1n) is 8.98. The van der Waals surface area contributed by atoms with Crippen molar-refractivity contribution >= 4 is 21.6 Å². The van der Waals surface area contributed by atoms with Crippen LogP contribution >= 0.6 is 11.6 Å². The lowest BCUT2D eigenvalue weighted by Crippen LogP contribution is -2.29. The van der Waals surface area contributed by atoms with Crippen molar-refractivity contribution in [3.05, 3.63) is 70.3 Å². The third-order valence-corrected chi connectivity index (χ3v) is 6.33. The number of likely N-dealkylation sites (N-methyl/N-ethyl adjacent to an activating group) is 1. The molecule has 1 aromatic heterocycles. The van der Waals surface area contributed by atoms with Gasteiger partial charge in [-0.2, -0.15) is 4.98 Å². The second-order valence-electron chi connectivity index (χ2n) is 6.75. The summed E-state index contributed by atoms with van der Waals surface area (Å²) in [6.07, 6.45) is 0.324. The monoisotopic (exact) mass is 435 g/mol. The summed E-state index contributed by atoms with van der Waals surface area (Å²) in [5, 5.41) is 4.51. The van der Waals surface area contributed by atoms with Gasteiger partial charge in [0.25, 0.3) is 5.89 Å². The van der Waals surface area contributed by atoms with Gasteiger partial charge in [-0.25, -0.2) is 12.7 Å². The Balaban J connectivity index is 1.57. The number of hydrogen-bond donors (Lipinski definition) is 0. The summed E-state index contributed by atoms with van der Waals surface area (Å²) in [6.45, 7) is 4.09. The van der Waals surface area contributed by atoms with E-state index in [9.17, 15) is 8.42 Å². The zero-order valence-corrected chi connectivity index (χ0v) is 18.0. The molecule has 0 fully saturated rings. The summed E-state index contributed by atoms with van der Waals surface area (Å²) in [5.74, 6) is 1.37. The van der Waals surface area contributed by atoms with Gasteiger partial charge in [0.05, 0.1) is 4.90 Å². The van der Waals surface area contributed by atoms with E-state index in [1.807, 2.05) is 19.9 Å². The van der Waals surface area contributed by atoms with E-state index in [4.69, 9.17) is 20.9 Å². The molecule has 7 nitrogen and oxygen atoms in total. The fraction of sp³-hybridized carbons (Fsp3) is 0.300. The number of rotatable bonds is 8. The number of nitrogens with zero attached hydrogens (tertiary/aromatic N) is 3. The molecule has 0 amide bonds. The highest BCUT2D eigenvalue weighted by atomic mass is 35.5. The van der Waals surface area contributed by atoms with Crippen LogP contribution < -0.4 is 4.74 Å². The highest BCUT2D eigenvalue weighted by molar-refractivity contribution is 7.89. The molecular weight excluding hydrogens is 414 g/mol. The lowest BCUT2D eigenvalue weighted by atomic mass is 10.2. The molecule has 0 spiro atoms. The molecule has 154 valence electrons. The quantitative estimate of drug-likeness (QED) is 0.535. The molecule has 0 N–H and O–H groups in total. The van der Waals surface area contributed by atoms with Crippen LogP contribution in [0.5, 0.6) is 5.75 Å². The topological polar surface area (TPSA) is 85.5 Å². The molecule has 2 aromatic carbocycles. The van der Waals surface area contributed by atoms with Crippen molar-refractivity contribution in [3.8, 4) is 5.75 Å². The minimum atomic E-state index is -3.59. The minimum absolute atomic E-state index is 0.116. The largest absolute Gasteiger partial charge is 0.484 e. The van der Waals surface area contributed by atoms with Gasteiger partial charge in [0.1, 0.15) is 5.75 Å². The third-order valence-electron chi connectivity index (χ3n) is 4.24. The first kappa shape index (κ1) is 21.3. The smallest absolute Gasteiger partial charge is 0.264 e. The summed E-state index contributed by atoms with van der Waals surface area (Å²) in [5.41, 5.74) is 1.81. The van der Waals surface area contributed by atoms with E-state index in [1.54, 1.807) is 36.4 Å². The average Bonchev–Trinajstić information content (AvgIpc) is 3.12. The summed E-state index contributed by atoms with van der Waals surface area (Å²) >= 11 is 5.84. The first-order valence-corrected chi connectivity index (χ1v) is 10.8. The van der Waals surface area contributed by atoms with Crippen molar-refractivity contribution in [1.82, 2.24) is 14.4 Å². The Labute approximate surface area is 175 Å². The van der Waals surface area contributed by atoms with Gasteiger partial charge >= 0.3 is 0 Å². The number of halogens is 1. The zero-order chi connectivity index (χ0) is 21.0. The number of aromatic nitrogens is 2. The predicted octanol–water partition coefficient (Wildman–Crippen LogP) is 3.78. The van der Waals surface area contributed by atoms with Crippen LogP contribution in [0.1, 0.15) is 22.8 Å². The molecule has 0 saturated heterocycles. The maximum atomic E-state index is 12.8. The Morgan fingerprint density at radius 2 is 1.76 bits per heavy atom. The second-order valence-corrected chi connectivity index (χ2v) is 9.23. The van der Waals surface area contributed by atoms with E-state index in [0.29, 0.717) is 28.9 Å². The average molecular weight is 436 g/mol. The molecule has 9 heteroatoms. The maximum absolute atomic E-state index is 12.8. The van der Waals surface area contributed by atoms with Crippen LogP contribution in [-0.2, 0) is 23.1 Å². The van der Waals surface area contributed by atoms with Gasteiger partial charge in [0.15, 0.2) is 12.4 Å². The Morgan fingerprint density at radius 3 is 2.41 bits per heavy atom. The first-order chi connectivity index (χ1) is 13.7. The molecule has 0 unspecified atom stereocenters.